The van der Waals surface area contributed by atoms with Crippen molar-refractivity contribution in [3.63, 3.8) is 0 Å². The van der Waals surface area contributed by atoms with Gasteiger partial charge in [-0.05, 0) is 39.3 Å². The summed E-state index contributed by atoms with van der Waals surface area (Å²) in [6.45, 7) is 4.26. The maximum Gasteiger partial charge on any atom is 0.257 e. The number of nitrogens with zero attached hydrogens (tertiary/aromatic N) is 2. The molecule has 1 aliphatic rings. The van der Waals surface area contributed by atoms with Crippen molar-refractivity contribution in [2.24, 2.45) is 0 Å². The number of aromatic nitrogens is 2. The van der Waals surface area contributed by atoms with Crippen LogP contribution >= 0.6 is 0 Å². The minimum absolute atomic E-state index is 0.0451. The zero-order chi connectivity index (χ0) is 15.3. The molecular weight excluding hydrogens is 292 g/mol. The number of aromatic amines is 1. The normalized spacial score (nSPS) is 20.8. The first-order valence-corrected chi connectivity index (χ1v) is 8.89. The van der Waals surface area contributed by atoms with E-state index in [0.717, 1.165) is 19.5 Å². The Labute approximate surface area is 125 Å². The molecule has 0 aliphatic carbocycles. The predicted molar refractivity (Wildman–Crippen MR) is 79.2 cm³/mol. The van der Waals surface area contributed by atoms with Crippen LogP contribution in [0.15, 0.2) is 11.2 Å². The molecule has 1 fully saturated rings. The molecule has 1 atom stereocenters. The van der Waals surface area contributed by atoms with Gasteiger partial charge >= 0.3 is 0 Å². The highest BCUT2D eigenvalue weighted by atomic mass is 32.2. The van der Waals surface area contributed by atoms with Crippen LogP contribution in [0.2, 0.25) is 0 Å². The fourth-order valence-electron chi connectivity index (χ4n) is 2.70. The van der Waals surface area contributed by atoms with E-state index >= 15 is 0 Å². The minimum Gasteiger partial charge on any atom is -0.392 e. The number of rotatable bonds is 7. The molecule has 0 amide bonds. The Morgan fingerprint density at radius 3 is 3.05 bits per heavy atom. The lowest BCUT2D eigenvalue weighted by Gasteiger charge is -2.33. The fourth-order valence-corrected chi connectivity index (χ4v) is 3.89. The van der Waals surface area contributed by atoms with E-state index in [9.17, 15) is 8.42 Å². The van der Waals surface area contributed by atoms with Gasteiger partial charge in [-0.25, -0.2) is 13.1 Å². The summed E-state index contributed by atoms with van der Waals surface area (Å²) in [5.74, 6) is 0. The van der Waals surface area contributed by atoms with E-state index in [1.807, 2.05) is 0 Å². The number of likely N-dealkylation sites (tertiary alicyclic amines) is 1. The van der Waals surface area contributed by atoms with Crippen LogP contribution in [0, 0.1) is 0 Å². The van der Waals surface area contributed by atoms with Crippen LogP contribution in [-0.2, 0) is 16.6 Å². The zero-order valence-electron chi connectivity index (χ0n) is 12.4. The number of hydrogen-bond donors (Lipinski definition) is 3. The summed E-state index contributed by atoms with van der Waals surface area (Å²) >= 11 is 0. The standard InChI is InChI=1S/C13H24N4O3S/c1-11-5-2-3-7-17(11)8-4-6-15-21(19,20)13-12(10-18)9-14-16-13/h9,11,15,18H,2-8,10H2,1H3,(H,14,16). The third kappa shape index (κ3) is 4.26. The molecule has 120 valence electrons. The van der Waals surface area contributed by atoms with Crippen molar-refractivity contribution >= 4 is 10.0 Å². The van der Waals surface area contributed by atoms with Crippen molar-refractivity contribution in [2.45, 2.75) is 50.3 Å². The van der Waals surface area contributed by atoms with Crippen molar-refractivity contribution in [1.82, 2.24) is 19.8 Å². The van der Waals surface area contributed by atoms with Crippen LogP contribution in [0.5, 0.6) is 0 Å². The lowest BCUT2D eigenvalue weighted by Crippen LogP contribution is -2.39. The van der Waals surface area contributed by atoms with E-state index in [2.05, 4.69) is 26.7 Å². The maximum atomic E-state index is 12.1. The molecule has 1 unspecified atom stereocenters. The number of sulfonamides is 1. The van der Waals surface area contributed by atoms with Gasteiger partial charge in [0.15, 0.2) is 5.03 Å². The first kappa shape index (κ1) is 16.4. The van der Waals surface area contributed by atoms with Crippen molar-refractivity contribution in [1.29, 1.82) is 0 Å². The first-order valence-electron chi connectivity index (χ1n) is 7.41. The topological polar surface area (TPSA) is 98.3 Å². The molecule has 0 bridgehead atoms. The van der Waals surface area contributed by atoms with Crippen LogP contribution in [0.25, 0.3) is 0 Å². The molecule has 2 heterocycles. The average Bonchev–Trinajstić information content (AvgIpc) is 2.95. The van der Waals surface area contributed by atoms with Gasteiger partial charge in [-0.1, -0.05) is 6.42 Å². The molecule has 1 aromatic rings. The Bertz CT molecular complexity index is 543. The van der Waals surface area contributed by atoms with Gasteiger partial charge in [0.1, 0.15) is 0 Å². The Morgan fingerprint density at radius 1 is 1.52 bits per heavy atom. The number of piperidine rings is 1. The third-order valence-corrected chi connectivity index (χ3v) is 5.45. The molecule has 1 aromatic heterocycles. The van der Waals surface area contributed by atoms with Crippen molar-refractivity contribution < 1.29 is 13.5 Å². The number of nitrogens with one attached hydrogen (secondary N) is 2. The molecule has 21 heavy (non-hydrogen) atoms. The third-order valence-electron chi connectivity index (χ3n) is 3.97. The lowest BCUT2D eigenvalue weighted by atomic mass is 10.0. The highest BCUT2D eigenvalue weighted by molar-refractivity contribution is 7.89. The molecule has 0 saturated carbocycles. The van der Waals surface area contributed by atoms with Gasteiger partial charge in [0.05, 0.1) is 12.8 Å². The first-order chi connectivity index (χ1) is 10.0. The summed E-state index contributed by atoms with van der Waals surface area (Å²) in [4.78, 5) is 2.41. The van der Waals surface area contributed by atoms with E-state index in [4.69, 9.17) is 5.11 Å². The average molecular weight is 316 g/mol. The van der Waals surface area contributed by atoms with Crippen LogP contribution < -0.4 is 4.72 Å². The van der Waals surface area contributed by atoms with E-state index < -0.39 is 10.0 Å². The zero-order valence-corrected chi connectivity index (χ0v) is 13.2. The number of aliphatic hydroxyl groups excluding tert-OH is 1. The second kappa shape index (κ2) is 7.35. The van der Waals surface area contributed by atoms with Gasteiger partial charge in [-0.2, -0.15) is 5.10 Å². The molecule has 0 radical (unpaired) electrons. The summed E-state index contributed by atoms with van der Waals surface area (Å²) in [7, 11) is -3.62. The Hall–Kier alpha value is -0.960. The van der Waals surface area contributed by atoms with Gasteiger partial charge in [-0.15, -0.1) is 0 Å². The molecule has 2 rings (SSSR count). The number of hydrogen-bond acceptors (Lipinski definition) is 5. The maximum absolute atomic E-state index is 12.1. The van der Waals surface area contributed by atoms with Crippen LogP contribution in [0.4, 0.5) is 0 Å². The number of aliphatic hydroxyl groups is 1. The predicted octanol–water partition coefficient (Wildman–Crippen LogP) is 0.445. The Balaban J connectivity index is 1.80. The van der Waals surface area contributed by atoms with Crippen LogP contribution in [-0.4, -0.2) is 54.3 Å². The Kier molecular flexibility index (Phi) is 5.74. The summed E-state index contributed by atoms with van der Waals surface area (Å²) in [6, 6.07) is 0.587. The van der Waals surface area contributed by atoms with E-state index in [0.29, 0.717) is 12.6 Å². The molecule has 1 aliphatic heterocycles. The lowest BCUT2D eigenvalue weighted by molar-refractivity contribution is 0.159. The highest BCUT2D eigenvalue weighted by Gasteiger charge is 2.21. The van der Waals surface area contributed by atoms with Gasteiger partial charge in [0.2, 0.25) is 0 Å². The molecule has 0 spiro atoms. The monoisotopic (exact) mass is 316 g/mol. The van der Waals surface area contributed by atoms with Crippen LogP contribution in [0.1, 0.15) is 38.2 Å². The van der Waals surface area contributed by atoms with Crippen LogP contribution in [0.3, 0.4) is 0 Å². The fraction of sp³-hybridized carbons (Fsp3) is 0.769. The smallest absolute Gasteiger partial charge is 0.257 e. The second-order valence-electron chi connectivity index (χ2n) is 5.51. The van der Waals surface area contributed by atoms with E-state index in [1.165, 1.54) is 25.5 Å². The largest absolute Gasteiger partial charge is 0.392 e. The summed E-state index contributed by atoms with van der Waals surface area (Å²) in [5, 5.41) is 15.1. The highest BCUT2D eigenvalue weighted by Crippen LogP contribution is 2.16. The molecule has 0 aromatic carbocycles. The van der Waals surface area contributed by atoms with E-state index in [-0.39, 0.29) is 17.2 Å². The quantitative estimate of drug-likeness (QED) is 0.634. The molecular formula is C13H24N4O3S. The van der Waals surface area contributed by atoms with Gasteiger partial charge in [0, 0.05) is 18.2 Å². The molecule has 1 saturated heterocycles. The van der Waals surface area contributed by atoms with E-state index in [1.54, 1.807) is 0 Å². The summed E-state index contributed by atoms with van der Waals surface area (Å²) in [5.41, 5.74) is 0.284. The Morgan fingerprint density at radius 2 is 2.33 bits per heavy atom. The summed E-state index contributed by atoms with van der Waals surface area (Å²) < 4.78 is 26.7. The van der Waals surface area contributed by atoms with Gasteiger partial charge in [-0.3, -0.25) is 5.10 Å². The molecule has 7 nitrogen and oxygen atoms in total. The van der Waals surface area contributed by atoms with Crippen molar-refractivity contribution in [3.05, 3.63) is 11.8 Å². The number of H-pyrrole nitrogens is 1. The van der Waals surface area contributed by atoms with Gasteiger partial charge < -0.3 is 10.0 Å². The minimum atomic E-state index is -3.62. The molecule has 3 N–H and O–H groups in total. The van der Waals surface area contributed by atoms with Crippen molar-refractivity contribution in [3.8, 4) is 0 Å². The molecule has 8 heteroatoms. The summed E-state index contributed by atoms with van der Waals surface area (Å²) in [6.07, 6.45) is 5.83. The van der Waals surface area contributed by atoms with Crippen molar-refractivity contribution in [2.75, 3.05) is 19.6 Å². The van der Waals surface area contributed by atoms with Gasteiger partial charge in [0.25, 0.3) is 10.0 Å². The second-order valence-corrected chi connectivity index (χ2v) is 7.22. The SMILES string of the molecule is CC1CCCCN1CCCNS(=O)(=O)c1[nH]ncc1CO.